The molecular formula is C22H30N2O5. The lowest BCUT2D eigenvalue weighted by Gasteiger charge is -2.59. The Morgan fingerprint density at radius 1 is 1.14 bits per heavy atom. The van der Waals surface area contributed by atoms with Gasteiger partial charge in [0.05, 0.1) is 6.42 Å². The number of likely N-dealkylation sites (tertiary alicyclic amines) is 1. The van der Waals surface area contributed by atoms with Crippen LogP contribution in [0.5, 0.6) is 0 Å². The van der Waals surface area contributed by atoms with Crippen LogP contribution in [-0.4, -0.2) is 46.6 Å². The molecule has 0 aromatic heterocycles. The summed E-state index contributed by atoms with van der Waals surface area (Å²) >= 11 is 0. The summed E-state index contributed by atoms with van der Waals surface area (Å²) in [6, 6.07) is 8.33. The van der Waals surface area contributed by atoms with E-state index in [0.717, 1.165) is 31.2 Å². The number of benzene rings is 1. The van der Waals surface area contributed by atoms with E-state index in [2.05, 4.69) is 5.32 Å². The molecule has 1 aliphatic heterocycles. The molecule has 0 bridgehead atoms. The number of amides is 2. The van der Waals surface area contributed by atoms with Gasteiger partial charge in [-0.15, -0.1) is 0 Å². The van der Waals surface area contributed by atoms with Gasteiger partial charge < -0.3 is 19.7 Å². The molecule has 158 valence electrons. The maximum Gasteiger partial charge on any atom is 0.408 e. The van der Waals surface area contributed by atoms with Crippen molar-refractivity contribution in [2.45, 2.75) is 76.7 Å². The standard InChI is InChI=1S/C22H30N2O5/c1-21(2,3)29-20(27)23-17(19(26)24-13-12-22(24)10-7-11-22)14-18(25)28-15-16-8-5-4-6-9-16/h4-6,8-9,17H,7,10-15H2,1-3H3,(H,23,27)/t17-/m0/s1. The van der Waals surface area contributed by atoms with Crippen LogP contribution in [0.15, 0.2) is 30.3 Å². The van der Waals surface area contributed by atoms with E-state index in [4.69, 9.17) is 9.47 Å². The second kappa shape index (κ2) is 8.43. The first-order valence-electron chi connectivity index (χ1n) is 10.2. The number of ether oxygens (including phenoxy) is 2. The van der Waals surface area contributed by atoms with E-state index in [9.17, 15) is 14.4 Å². The smallest absolute Gasteiger partial charge is 0.408 e. The molecule has 2 fully saturated rings. The highest BCUT2D eigenvalue weighted by atomic mass is 16.6. The van der Waals surface area contributed by atoms with Gasteiger partial charge in [-0.05, 0) is 52.0 Å². The van der Waals surface area contributed by atoms with E-state index < -0.39 is 23.7 Å². The van der Waals surface area contributed by atoms with Crippen LogP contribution in [0.25, 0.3) is 0 Å². The molecule has 1 aromatic rings. The Hall–Kier alpha value is -2.57. The van der Waals surface area contributed by atoms with Gasteiger partial charge >= 0.3 is 12.1 Å². The van der Waals surface area contributed by atoms with Gasteiger partial charge in [-0.1, -0.05) is 30.3 Å². The molecule has 1 heterocycles. The summed E-state index contributed by atoms with van der Waals surface area (Å²) in [6.07, 6.45) is 3.11. The van der Waals surface area contributed by atoms with Gasteiger partial charge in [0.25, 0.3) is 0 Å². The minimum atomic E-state index is -0.995. The Labute approximate surface area is 171 Å². The third-order valence-corrected chi connectivity index (χ3v) is 5.53. The van der Waals surface area contributed by atoms with Crippen LogP contribution < -0.4 is 5.32 Å². The van der Waals surface area contributed by atoms with Crippen LogP contribution in [-0.2, 0) is 25.7 Å². The van der Waals surface area contributed by atoms with Crippen molar-refractivity contribution in [3.05, 3.63) is 35.9 Å². The van der Waals surface area contributed by atoms with Crippen molar-refractivity contribution in [2.24, 2.45) is 0 Å². The first-order chi connectivity index (χ1) is 13.7. The quantitative estimate of drug-likeness (QED) is 0.739. The summed E-state index contributed by atoms with van der Waals surface area (Å²) < 4.78 is 10.6. The molecule has 7 nitrogen and oxygen atoms in total. The molecule has 2 amide bonds. The molecule has 1 spiro atoms. The first kappa shape index (κ1) is 21.1. The second-order valence-corrected chi connectivity index (χ2v) is 8.87. The van der Waals surface area contributed by atoms with Gasteiger partial charge in [-0.3, -0.25) is 9.59 Å². The van der Waals surface area contributed by atoms with E-state index in [-0.39, 0.29) is 24.5 Å². The van der Waals surface area contributed by atoms with E-state index in [1.807, 2.05) is 35.2 Å². The fourth-order valence-electron chi connectivity index (χ4n) is 3.79. The normalized spacial score (nSPS) is 18.2. The summed E-state index contributed by atoms with van der Waals surface area (Å²) in [5.41, 5.74) is 0.0936. The molecule has 1 aliphatic carbocycles. The Kier molecular flexibility index (Phi) is 6.15. The van der Waals surface area contributed by atoms with Crippen molar-refractivity contribution in [1.29, 1.82) is 0 Å². The van der Waals surface area contributed by atoms with Crippen molar-refractivity contribution < 1.29 is 23.9 Å². The van der Waals surface area contributed by atoms with E-state index >= 15 is 0 Å². The fourth-order valence-corrected chi connectivity index (χ4v) is 3.79. The topological polar surface area (TPSA) is 84.9 Å². The van der Waals surface area contributed by atoms with Crippen LogP contribution in [0, 0.1) is 0 Å². The lowest BCUT2D eigenvalue weighted by molar-refractivity contribution is -0.161. The molecule has 0 radical (unpaired) electrons. The Morgan fingerprint density at radius 2 is 1.83 bits per heavy atom. The van der Waals surface area contributed by atoms with Gasteiger partial charge in [0, 0.05) is 12.1 Å². The van der Waals surface area contributed by atoms with Gasteiger partial charge in [0.2, 0.25) is 5.91 Å². The van der Waals surface area contributed by atoms with Crippen LogP contribution in [0.4, 0.5) is 4.79 Å². The third-order valence-electron chi connectivity index (χ3n) is 5.53. The summed E-state index contributed by atoms with van der Waals surface area (Å²) in [7, 11) is 0. The van der Waals surface area contributed by atoms with Crippen molar-refractivity contribution in [1.82, 2.24) is 10.2 Å². The Morgan fingerprint density at radius 3 is 2.34 bits per heavy atom. The number of carbonyl (C=O) groups excluding carboxylic acids is 3. The van der Waals surface area contributed by atoms with Crippen molar-refractivity contribution in [3.63, 3.8) is 0 Å². The summed E-state index contributed by atoms with van der Waals surface area (Å²) in [4.78, 5) is 39.5. The summed E-state index contributed by atoms with van der Waals surface area (Å²) in [5.74, 6) is -0.773. The van der Waals surface area contributed by atoms with E-state index in [0.29, 0.717) is 6.54 Å². The maximum atomic E-state index is 13.1. The van der Waals surface area contributed by atoms with Gasteiger partial charge in [-0.25, -0.2) is 4.79 Å². The first-order valence-corrected chi connectivity index (χ1v) is 10.2. The predicted molar refractivity (Wildman–Crippen MR) is 107 cm³/mol. The summed E-state index contributed by atoms with van der Waals surface area (Å²) in [5, 5.41) is 2.58. The number of nitrogens with zero attached hydrogens (tertiary/aromatic N) is 1. The highest BCUT2D eigenvalue weighted by Crippen LogP contribution is 2.47. The highest BCUT2D eigenvalue weighted by molar-refractivity contribution is 5.90. The largest absolute Gasteiger partial charge is 0.461 e. The second-order valence-electron chi connectivity index (χ2n) is 8.87. The molecule has 1 saturated heterocycles. The highest BCUT2D eigenvalue weighted by Gasteiger charge is 2.52. The van der Waals surface area contributed by atoms with Gasteiger partial charge in [0.1, 0.15) is 18.2 Å². The van der Waals surface area contributed by atoms with Gasteiger partial charge in [0.15, 0.2) is 0 Å². The number of rotatable bonds is 6. The average molecular weight is 402 g/mol. The third kappa shape index (κ3) is 5.28. The van der Waals surface area contributed by atoms with Crippen LogP contribution >= 0.6 is 0 Å². The Balaban J connectivity index is 1.62. The summed E-state index contributed by atoms with van der Waals surface area (Å²) in [6.45, 7) is 6.02. The lowest BCUT2D eigenvalue weighted by Crippen LogP contribution is -2.68. The maximum absolute atomic E-state index is 13.1. The molecule has 1 atom stereocenters. The van der Waals surface area contributed by atoms with Crippen molar-refractivity contribution >= 4 is 18.0 Å². The SMILES string of the molecule is CC(C)(C)OC(=O)N[C@@H](CC(=O)OCc1ccccc1)C(=O)N1CCC12CCC2. The predicted octanol–water partition coefficient (Wildman–Crippen LogP) is 3.17. The zero-order valence-electron chi connectivity index (χ0n) is 17.4. The monoisotopic (exact) mass is 402 g/mol. The van der Waals surface area contributed by atoms with Crippen LogP contribution in [0.1, 0.15) is 58.4 Å². The average Bonchev–Trinajstić information content (AvgIpc) is 2.56. The van der Waals surface area contributed by atoms with Crippen molar-refractivity contribution in [2.75, 3.05) is 6.54 Å². The molecule has 0 unspecified atom stereocenters. The van der Waals surface area contributed by atoms with Crippen molar-refractivity contribution in [3.8, 4) is 0 Å². The minimum absolute atomic E-state index is 0.0705. The number of hydrogen-bond acceptors (Lipinski definition) is 5. The molecule has 29 heavy (non-hydrogen) atoms. The number of carbonyl (C=O) groups is 3. The van der Waals surface area contributed by atoms with Crippen LogP contribution in [0.3, 0.4) is 0 Å². The number of nitrogens with one attached hydrogen (secondary N) is 1. The van der Waals surface area contributed by atoms with E-state index in [1.54, 1.807) is 20.8 Å². The van der Waals surface area contributed by atoms with Gasteiger partial charge in [-0.2, -0.15) is 0 Å². The molecule has 1 saturated carbocycles. The Bertz CT molecular complexity index is 747. The zero-order chi connectivity index (χ0) is 21.1. The molecule has 1 N–H and O–H groups in total. The minimum Gasteiger partial charge on any atom is -0.461 e. The number of alkyl carbamates (subject to hydrolysis) is 1. The molecule has 2 aliphatic rings. The van der Waals surface area contributed by atoms with E-state index in [1.165, 1.54) is 0 Å². The zero-order valence-corrected chi connectivity index (χ0v) is 17.4. The fraction of sp³-hybridized carbons (Fsp3) is 0.591. The number of esters is 1. The lowest BCUT2D eigenvalue weighted by atomic mass is 9.67. The molecule has 1 aromatic carbocycles. The molecular weight excluding hydrogens is 372 g/mol. The molecule has 3 rings (SSSR count). The molecule has 7 heteroatoms. The van der Waals surface area contributed by atoms with Crippen LogP contribution in [0.2, 0.25) is 0 Å². The number of hydrogen-bond donors (Lipinski definition) is 1.